The summed E-state index contributed by atoms with van der Waals surface area (Å²) in [5.41, 5.74) is 3.74. The Morgan fingerprint density at radius 1 is 1.09 bits per heavy atom. The van der Waals surface area contributed by atoms with Crippen molar-refractivity contribution >= 4 is 28.0 Å². The molecule has 2 fully saturated rings. The number of carbonyl (C=O) groups is 1. The normalized spacial score (nSPS) is 18.3. The number of hydrogen-bond donors (Lipinski definition) is 1. The highest BCUT2D eigenvalue weighted by Crippen LogP contribution is 2.33. The molecule has 2 aliphatic rings. The number of aromatic nitrogens is 6. The van der Waals surface area contributed by atoms with Crippen molar-refractivity contribution < 1.29 is 28.2 Å². The number of likely N-dealkylation sites (tertiary alicyclic amines) is 1. The lowest BCUT2D eigenvalue weighted by atomic mass is 9.92. The molecule has 0 saturated carbocycles. The first-order valence-electron chi connectivity index (χ1n) is 15.6. The molecule has 0 bridgehead atoms. The van der Waals surface area contributed by atoms with Crippen LogP contribution in [0.1, 0.15) is 65.7 Å². The summed E-state index contributed by atoms with van der Waals surface area (Å²) < 4.78 is 41.0. The molecule has 0 aliphatic carbocycles. The molecule has 2 aliphatic heterocycles. The molecule has 0 amide bonds. The van der Waals surface area contributed by atoms with Gasteiger partial charge < -0.3 is 19.1 Å². The molecule has 2 atom stereocenters. The van der Waals surface area contributed by atoms with Crippen LogP contribution in [0.25, 0.3) is 22.1 Å². The van der Waals surface area contributed by atoms with E-state index in [-0.39, 0.29) is 30.4 Å². The van der Waals surface area contributed by atoms with E-state index in [0.29, 0.717) is 29.1 Å². The van der Waals surface area contributed by atoms with Gasteiger partial charge in [0.25, 0.3) is 6.43 Å². The van der Waals surface area contributed by atoms with E-state index in [1.165, 1.54) is 10.7 Å². The average molecular weight is 632 g/mol. The fraction of sp³-hybridized carbons (Fsp3) is 0.424. The van der Waals surface area contributed by atoms with E-state index in [9.17, 15) is 18.7 Å². The summed E-state index contributed by atoms with van der Waals surface area (Å²) in [5, 5.41) is 14.4. The van der Waals surface area contributed by atoms with E-state index >= 15 is 0 Å². The van der Waals surface area contributed by atoms with Crippen molar-refractivity contribution in [3.8, 4) is 5.88 Å². The largest absolute Gasteiger partial charge is 0.477 e. The zero-order valence-corrected chi connectivity index (χ0v) is 25.4. The van der Waals surface area contributed by atoms with Crippen LogP contribution in [0.5, 0.6) is 5.88 Å². The molecule has 46 heavy (non-hydrogen) atoms. The molecular weight excluding hydrogens is 596 g/mol. The molecule has 2 saturated heterocycles. The van der Waals surface area contributed by atoms with Gasteiger partial charge in [0.05, 0.1) is 30.4 Å². The number of piperidine rings is 1. The van der Waals surface area contributed by atoms with Crippen molar-refractivity contribution in [3.63, 3.8) is 0 Å². The minimum atomic E-state index is -2.48. The summed E-state index contributed by atoms with van der Waals surface area (Å²) in [6, 6.07) is 14.7. The van der Waals surface area contributed by atoms with Crippen LogP contribution < -0.4 is 4.74 Å². The molecular formula is C33H35F2N7O4. The second kappa shape index (κ2) is 12.7. The smallest absolute Gasteiger partial charge is 0.354 e. The number of halogens is 2. The van der Waals surface area contributed by atoms with Crippen LogP contribution in [-0.2, 0) is 24.4 Å². The number of alkyl halides is 2. The van der Waals surface area contributed by atoms with E-state index in [0.717, 1.165) is 61.4 Å². The molecule has 13 heteroatoms. The third-order valence-electron chi connectivity index (χ3n) is 9.04. The molecule has 6 heterocycles. The Balaban J connectivity index is 1.01. The van der Waals surface area contributed by atoms with E-state index in [4.69, 9.17) is 19.4 Å². The number of hydrogen-bond acceptors (Lipinski definition) is 8. The number of ether oxygens (including phenoxy) is 2. The highest BCUT2D eigenvalue weighted by Gasteiger charge is 2.30. The van der Waals surface area contributed by atoms with Gasteiger partial charge in [0.15, 0.2) is 11.3 Å². The van der Waals surface area contributed by atoms with E-state index < -0.39 is 18.9 Å². The van der Waals surface area contributed by atoms with E-state index in [2.05, 4.69) is 21.9 Å². The third kappa shape index (κ3) is 6.16. The number of nitrogens with zero attached hydrogens (tertiary/aromatic N) is 7. The lowest BCUT2D eigenvalue weighted by Crippen LogP contribution is -2.37. The van der Waals surface area contributed by atoms with Gasteiger partial charge in [0.1, 0.15) is 24.5 Å². The number of carboxylic acids is 1. The molecule has 0 spiro atoms. The molecule has 240 valence electrons. The van der Waals surface area contributed by atoms with Gasteiger partial charge in [-0.15, -0.1) is 0 Å². The van der Waals surface area contributed by atoms with Crippen molar-refractivity contribution in [2.75, 3.05) is 19.7 Å². The standard InChI is InChI=1S/C33H35F2N7O4/c1-20(31-38-26-7-8-27(33(43)44)39-32(26)41(31)17-24-11-14-45-24)40-12-9-22(10-13-40)25-3-2-4-30(37-25)46-19-21-5-6-23-16-36-42(18-29(34)35)28(23)15-21/h2-8,15-16,20,22,24,29H,9-14,17-19H2,1H3,(H,43,44). The maximum Gasteiger partial charge on any atom is 0.354 e. The Kier molecular flexibility index (Phi) is 8.34. The summed E-state index contributed by atoms with van der Waals surface area (Å²) in [4.78, 5) is 28.2. The van der Waals surface area contributed by atoms with Gasteiger partial charge in [-0.2, -0.15) is 5.10 Å². The number of carboxylic acid groups (broad SMARTS) is 1. The van der Waals surface area contributed by atoms with Crippen molar-refractivity contribution in [3.05, 3.63) is 77.5 Å². The van der Waals surface area contributed by atoms with Gasteiger partial charge in [0.2, 0.25) is 5.88 Å². The lowest BCUT2D eigenvalue weighted by molar-refractivity contribution is -0.0595. The van der Waals surface area contributed by atoms with Crippen LogP contribution in [0.4, 0.5) is 8.78 Å². The summed E-state index contributed by atoms with van der Waals surface area (Å²) >= 11 is 0. The van der Waals surface area contributed by atoms with Gasteiger partial charge in [-0.3, -0.25) is 9.58 Å². The molecule has 7 rings (SSSR count). The summed E-state index contributed by atoms with van der Waals surface area (Å²) in [5.74, 6) is 0.596. The summed E-state index contributed by atoms with van der Waals surface area (Å²) in [7, 11) is 0. The van der Waals surface area contributed by atoms with Gasteiger partial charge >= 0.3 is 5.97 Å². The quantitative estimate of drug-likeness (QED) is 0.203. The van der Waals surface area contributed by atoms with Gasteiger partial charge in [-0.05, 0) is 69.1 Å². The Hall–Kier alpha value is -4.49. The second-order valence-electron chi connectivity index (χ2n) is 12.0. The van der Waals surface area contributed by atoms with E-state index in [1.54, 1.807) is 12.3 Å². The summed E-state index contributed by atoms with van der Waals surface area (Å²) in [6.45, 7) is 4.97. The van der Waals surface area contributed by atoms with Crippen LogP contribution in [0.15, 0.2) is 54.7 Å². The number of benzene rings is 1. The van der Waals surface area contributed by atoms with Crippen molar-refractivity contribution in [2.45, 2.75) is 70.4 Å². The monoisotopic (exact) mass is 631 g/mol. The first-order valence-corrected chi connectivity index (χ1v) is 15.6. The molecule has 0 radical (unpaired) electrons. The van der Waals surface area contributed by atoms with Crippen molar-refractivity contribution in [1.82, 2.24) is 34.2 Å². The zero-order valence-electron chi connectivity index (χ0n) is 25.4. The van der Waals surface area contributed by atoms with Crippen LogP contribution >= 0.6 is 0 Å². The molecule has 11 nitrogen and oxygen atoms in total. The maximum atomic E-state index is 12.9. The van der Waals surface area contributed by atoms with Crippen LogP contribution in [0, 0.1) is 0 Å². The van der Waals surface area contributed by atoms with Gasteiger partial charge in [0, 0.05) is 29.7 Å². The second-order valence-corrected chi connectivity index (χ2v) is 12.0. The number of imidazole rings is 1. The first-order chi connectivity index (χ1) is 22.3. The van der Waals surface area contributed by atoms with Crippen LogP contribution in [-0.4, -0.2) is 77.5 Å². The predicted octanol–water partition coefficient (Wildman–Crippen LogP) is 5.45. The fourth-order valence-corrected chi connectivity index (χ4v) is 6.39. The predicted molar refractivity (Wildman–Crippen MR) is 165 cm³/mol. The average Bonchev–Trinajstić information content (AvgIpc) is 3.61. The lowest BCUT2D eigenvalue weighted by Gasteiger charge is -2.36. The van der Waals surface area contributed by atoms with Gasteiger partial charge in [-0.1, -0.05) is 18.2 Å². The highest BCUT2D eigenvalue weighted by molar-refractivity contribution is 5.88. The Bertz CT molecular complexity index is 1860. The Morgan fingerprint density at radius 3 is 2.65 bits per heavy atom. The molecule has 5 aromatic rings. The summed E-state index contributed by atoms with van der Waals surface area (Å²) in [6.07, 6.45) is 1.97. The molecule has 2 unspecified atom stereocenters. The zero-order chi connectivity index (χ0) is 31.8. The molecule has 1 N–H and O–H groups in total. The van der Waals surface area contributed by atoms with E-state index in [1.807, 2.05) is 41.0 Å². The highest BCUT2D eigenvalue weighted by atomic mass is 19.3. The van der Waals surface area contributed by atoms with Crippen LogP contribution in [0.3, 0.4) is 0 Å². The Labute approximate surface area is 263 Å². The maximum absolute atomic E-state index is 12.9. The number of fused-ring (bicyclic) bond motifs is 2. The van der Waals surface area contributed by atoms with Crippen molar-refractivity contribution in [2.24, 2.45) is 0 Å². The first kappa shape index (κ1) is 30.2. The van der Waals surface area contributed by atoms with Crippen LogP contribution in [0.2, 0.25) is 0 Å². The number of aromatic carboxylic acids is 1. The minimum absolute atomic E-state index is 0.000265. The topological polar surface area (TPSA) is 120 Å². The van der Waals surface area contributed by atoms with Crippen molar-refractivity contribution in [1.29, 1.82) is 0 Å². The minimum Gasteiger partial charge on any atom is -0.477 e. The SMILES string of the molecule is CC(c1nc2ccc(C(=O)O)nc2n1CC1CCO1)N1CCC(c2cccc(OCc3ccc4cnn(CC(F)F)c4c3)n2)CC1. The molecule has 1 aromatic carbocycles. The Morgan fingerprint density at radius 2 is 1.91 bits per heavy atom. The molecule has 4 aromatic heterocycles. The fourth-order valence-electron chi connectivity index (χ4n) is 6.39. The third-order valence-corrected chi connectivity index (χ3v) is 9.04. The van der Waals surface area contributed by atoms with Gasteiger partial charge in [-0.25, -0.2) is 28.5 Å². The number of pyridine rings is 2. The number of rotatable bonds is 11.